The number of rotatable bonds is 4. The topological polar surface area (TPSA) is 24.9 Å². The maximum Gasteiger partial charge on any atom is 0.0570 e. The van der Waals surface area contributed by atoms with Gasteiger partial charge in [0.2, 0.25) is 0 Å². The van der Waals surface area contributed by atoms with Crippen LogP contribution in [0.2, 0.25) is 0 Å². The average molecular weight is 176 g/mol. The summed E-state index contributed by atoms with van der Waals surface area (Å²) in [5.74, 6) is 0. The van der Waals surface area contributed by atoms with Crippen LogP contribution in [0.25, 0.3) is 0 Å². The SMILES string of the molecule is C=CC(C)N[C@@H](C)c1ccccn1. The minimum atomic E-state index is 0.272. The van der Waals surface area contributed by atoms with Crippen molar-refractivity contribution in [2.45, 2.75) is 25.9 Å². The first-order chi connectivity index (χ1) is 6.24. The molecule has 2 heteroatoms. The second kappa shape index (κ2) is 4.77. The second-order valence-electron chi connectivity index (χ2n) is 3.17. The first-order valence-corrected chi connectivity index (χ1v) is 4.53. The highest BCUT2D eigenvalue weighted by atomic mass is 15.0. The molecule has 2 atom stereocenters. The van der Waals surface area contributed by atoms with Crippen molar-refractivity contribution in [1.82, 2.24) is 10.3 Å². The molecule has 1 aromatic rings. The third-order valence-corrected chi connectivity index (χ3v) is 2.00. The normalized spacial score (nSPS) is 14.9. The minimum Gasteiger partial charge on any atom is -0.303 e. The van der Waals surface area contributed by atoms with Crippen molar-refractivity contribution in [3.63, 3.8) is 0 Å². The van der Waals surface area contributed by atoms with Crippen LogP contribution < -0.4 is 5.32 Å². The molecule has 0 fully saturated rings. The van der Waals surface area contributed by atoms with Crippen molar-refractivity contribution < 1.29 is 0 Å². The van der Waals surface area contributed by atoms with Gasteiger partial charge in [-0.05, 0) is 26.0 Å². The van der Waals surface area contributed by atoms with Gasteiger partial charge >= 0.3 is 0 Å². The summed E-state index contributed by atoms with van der Waals surface area (Å²) in [5, 5.41) is 3.37. The van der Waals surface area contributed by atoms with Crippen molar-refractivity contribution in [2.24, 2.45) is 0 Å². The molecule has 0 bridgehead atoms. The van der Waals surface area contributed by atoms with Crippen LogP contribution in [0.3, 0.4) is 0 Å². The van der Waals surface area contributed by atoms with Crippen molar-refractivity contribution in [1.29, 1.82) is 0 Å². The van der Waals surface area contributed by atoms with Gasteiger partial charge in [0.1, 0.15) is 0 Å². The van der Waals surface area contributed by atoms with Crippen LogP contribution in [0, 0.1) is 0 Å². The summed E-state index contributed by atoms with van der Waals surface area (Å²) in [6.07, 6.45) is 3.70. The molecule has 0 saturated heterocycles. The quantitative estimate of drug-likeness (QED) is 0.712. The summed E-state index contributed by atoms with van der Waals surface area (Å²) >= 11 is 0. The molecule has 1 N–H and O–H groups in total. The van der Waals surface area contributed by atoms with Gasteiger partial charge in [0.15, 0.2) is 0 Å². The lowest BCUT2D eigenvalue weighted by molar-refractivity contribution is 0.526. The molecule has 0 aliphatic carbocycles. The van der Waals surface area contributed by atoms with Gasteiger partial charge in [-0.2, -0.15) is 0 Å². The summed E-state index contributed by atoms with van der Waals surface area (Å²) in [5.41, 5.74) is 1.07. The van der Waals surface area contributed by atoms with E-state index < -0.39 is 0 Å². The van der Waals surface area contributed by atoms with Crippen LogP contribution in [0.1, 0.15) is 25.6 Å². The van der Waals surface area contributed by atoms with Crippen molar-refractivity contribution >= 4 is 0 Å². The lowest BCUT2D eigenvalue weighted by Crippen LogP contribution is -2.27. The fourth-order valence-corrected chi connectivity index (χ4v) is 1.18. The molecule has 0 amide bonds. The lowest BCUT2D eigenvalue weighted by Gasteiger charge is -2.16. The Kier molecular flexibility index (Phi) is 3.65. The molecule has 70 valence electrons. The fourth-order valence-electron chi connectivity index (χ4n) is 1.18. The van der Waals surface area contributed by atoms with Gasteiger partial charge in [0, 0.05) is 18.3 Å². The number of hydrogen-bond donors (Lipinski definition) is 1. The summed E-state index contributed by atoms with van der Waals surface area (Å²) < 4.78 is 0. The average Bonchev–Trinajstić information content (AvgIpc) is 2.19. The third-order valence-electron chi connectivity index (χ3n) is 2.00. The zero-order valence-corrected chi connectivity index (χ0v) is 8.20. The lowest BCUT2D eigenvalue weighted by atomic mass is 10.2. The number of nitrogens with one attached hydrogen (secondary N) is 1. The van der Waals surface area contributed by atoms with E-state index in [9.17, 15) is 0 Å². The molecule has 1 aromatic heterocycles. The van der Waals surface area contributed by atoms with E-state index in [0.717, 1.165) is 5.69 Å². The van der Waals surface area contributed by atoms with Gasteiger partial charge in [-0.15, -0.1) is 6.58 Å². The van der Waals surface area contributed by atoms with Crippen LogP contribution in [0.5, 0.6) is 0 Å². The predicted octanol–water partition coefficient (Wildman–Crippen LogP) is 2.31. The maximum atomic E-state index is 4.27. The number of nitrogens with zero attached hydrogens (tertiary/aromatic N) is 1. The maximum absolute atomic E-state index is 4.27. The van der Waals surface area contributed by atoms with Gasteiger partial charge in [-0.3, -0.25) is 4.98 Å². The second-order valence-corrected chi connectivity index (χ2v) is 3.17. The van der Waals surface area contributed by atoms with Gasteiger partial charge in [-0.25, -0.2) is 0 Å². The highest BCUT2D eigenvalue weighted by Gasteiger charge is 2.06. The molecule has 1 heterocycles. The molecular formula is C11H16N2. The largest absolute Gasteiger partial charge is 0.303 e. The van der Waals surface area contributed by atoms with Gasteiger partial charge in [0.25, 0.3) is 0 Å². The molecule has 0 aliphatic heterocycles. The van der Waals surface area contributed by atoms with E-state index in [0.29, 0.717) is 6.04 Å². The van der Waals surface area contributed by atoms with Crippen molar-refractivity contribution in [3.8, 4) is 0 Å². The summed E-state index contributed by atoms with van der Waals surface area (Å²) in [4.78, 5) is 4.27. The van der Waals surface area contributed by atoms with Crippen LogP contribution in [-0.4, -0.2) is 11.0 Å². The summed E-state index contributed by atoms with van der Waals surface area (Å²) in [6.45, 7) is 7.90. The monoisotopic (exact) mass is 176 g/mol. The van der Waals surface area contributed by atoms with Crippen LogP contribution >= 0.6 is 0 Å². The molecule has 1 unspecified atom stereocenters. The van der Waals surface area contributed by atoms with E-state index in [1.165, 1.54) is 0 Å². The third kappa shape index (κ3) is 2.99. The standard InChI is InChI=1S/C11H16N2/c1-4-9(2)13-10(3)11-7-5-6-8-12-11/h4-10,13H,1H2,2-3H3/t9?,10-/m0/s1. The minimum absolute atomic E-state index is 0.272. The molecule has 0 spiro atoms. The Bertz CT molecular complexity index is 256. The highest BCUT2D eigenvalue weighted by molar-refractivity contribution is 5.08. The number of pyridine rings is 1. The molecular weight excluding hydrogens is 160 g/mol. The van der Waals surface area contributed by atoms with E-state index in [-0.39, 0.29) is 6.04 Å². The van der Waals surface area contributed by atoms with Gasteiger partial charge in [0.05, 0.1) is 5.69 Å². The van der Waals surface area contributed by atoms with E-state index in [1.807, 2.05) is 30.5 Å². The highest BCUT2D eigenvalue weighted by Crippen LogP contribution is 2.08. The smallest absolute Gasteiger partial charge is 0.0570 e. The molecule has 0 aromatic carbocycles. The summed E-state index contributed by atoms with van der Waals surface area (Å²) in [7, 11) is 0. The Morgan fingerprint density at radius 3 is 2.77 bits per heavy atom. The van der Waals surface area contributed by atoms with E-state index in [4.69, 9.17) is 0 Å². The van der Waals surface area contributed by atoms with E-state index >= 15 is 0 Å². The Morgan fingerprint density at radius 2 is 2.23 bits per heavy atom. The summed E-state index contributed by atoms with van der Waals surface area (Å²) in [6, 6.07) is 6.53. The number of hydrogen-bond acceptors (Lipinski definition) is 2. The Hall–Kier alpha value is -1.15. The molecule has 0 saturated carbocycles. The van der Waals surface area contributed by atoms with E-state index in [1.54, 1.807) is 0 Å². The predicted molar refractivity (Wildman–Crippen MR) is 55.4 cm³/mol. The van der Waals surface area contributed by atoms with Crippen LogP contribution in [0.15, 0.2) is 37.1 Å². The Labute approximate surface area is 79.7 Å². The van der Waals surface area contributed by atoms with Gasteiger partial charge < -0.3 is 5.32 Å². The Balaban J connectivity index is 2.58. The van der Waals surface area contributed by atoms with Gasteiger partial charge in [-0.1, -0.05) is 12.1 Å². The first kappa shape index (κ1) is 9.93. The van der Waals surface area contributed by atoms with Crippen molar-refractivity contribution in [2.75, 3.05) is 0 Å². The first-order valence-electron chi connectivity index (χ1n) is 4.53. The van der Waals surface area contributed by atoms with Crippen molar-refractivity contribution in [3.05, 3.63) is 42.7 Å². The zero-order chi connectivity index (χ0) is 9.68. The zero-order valence-electron chi connectivity index (χ0n) is 8.20. The molecule has 0 aliphatic rings. The van der Waals surface area contributed by atoms with Crippen LogP contribution in [-0.2, 0) is 0 Å². The molecule has 2 nitrogen and oxygen atoms in total. The van der Waals surface area contributed by atoms with E-state index in [2.05, 4.69) is 30.7 Å². The fraction of sp³-hybridized carbons (Fsp3) is 0.364. The molecule has 0 radical (unpaired) electrons. The Morgan fingerprint density at radius 1 is 1.46 bits per heavy atom. The number of aromatic nitrogens is 1. The van der Waals surface area contributed by atoms with Crippen LogP contribution in [0.4, 0.5) is 0 Å². The molecule has 1 rings (SSSR count). The molecule has 13 heavy (non-hydrogen) atoms.